The molecule has 19 heteroatoms. The second kappa shape index (κ2) is 27.6. The predicted octanol–water partition coefficient (Wildman–Crippen LogP) is -1.48. The number of hydrogen-bond donors (Lipinski definition) is 3. The van der Waals surface area contributed by atoms with Crippen LogP contribution in [0.1, 0.15) is 0 Å². The molecule has 0 bridgehead atoms. The van der Waals surface area contributed by atoms with Crippen molar-refractivity contribution >= 4 is 29.5 Å². The highest BCUT2D eigenvalue weighted by molar-refractivity contribution is 7.94. The van der Waals surface area contributed by atoms with Crippen molar-refractivity contribution in [1.29, 1.82) is 0 Å². The van der Waals surface area contributed by atoms with Crippen molar-refractivity contribution in [2.75, 3.05) is 110 Å². The highest BCUT2D eigenvalue weighted by Crippen LogP contribution is 2.04. The van der Waals surface area contributed by atoms with Gasteiger partial charge in [0, 0.05) is 25.0 Å². The third-order valence-electron chi connectivity index (χ3n) is 5.42. The molecule has 0 fully saturated rings. The molecule has 0 aliphatic heterocycles. The third kappa shape index (κ3) is 27.8. The van der Waals surface area contributed by atoms with Crippen molar-refractivity contribution in [3.05, 3.63) is 36.6 Å². The largest absolute Gasteiger partial charge is 0.394 e. The molecule has 0 aliphatic carbocycles. The summed E-state index contributed by atoms with van der Waals surface area (Å²) >= 11 is 0. The number of aliphatic hydroxyl groups is 3. The van der Waals surface area contributed by atoms with E-state index in [-0.39, 0.29) is 95.7 Å². The standard InChI is InChI=1S/C20H36O11S3.C7H16O5/c1-5-11-34(25,26)13-9-29-16-19(15-27-4)31-18-20(30-10-14-33(23,24)7-3)17-28-8-12-32(21,22)6-2;1-11-5-7(3-9)12-4-6(10)2-8/h5-7,19-20H,1-3,8-18H2,4H3;6-10H,2-5H2,1H3. The lowest BCUT2D eigenvalue weighted by Crippen LogP contribution is -2.34. The van der Waals surface area contributed by atoms with Gasteiger partial charge in [0.15, 0.2) is 29.5 Å². The van der Waals surface area contributed by atoms with Crippen LogP contribution in [-0.4, -0.2) is 175 Å². The molecule has 4 atom stereocenters. The summed E-state index contributed by atoms with van der Waals surface area (Å²) in [7, 11) is -7.20. The van der Waals surface area contributed by atoms with Gasteiger partial charge in [0.05, 0.1) is 95.7 Å². The Morgan fingerprint density at radius 3 is 1.57 bits per heavy atom. The predicted molar refractivity (Wildman–Crippen MR) is 172 cm³/mol. The minimum absolute atomic E-state index is 0.00505. The van der Waals surface area contributed by atoms with Gasteiger partial charge in [-0.15, -0.1) is 6.58 Å². The quantitative estimate of drug-likeness (QED) is 0.0566. The zero-order valence-corrected chi connectivity index (χ0v) is 29.1. The molecule has 0 spiro atoms. The van der Waals surface area contributed by atoms with Crippen molar-refractivity contribution < 1.29 is 73.7 Å². The van der Waals surface area contributed by atoms with E-state index < -0.39 is 53.9 Å². The molecule has 0 aliphatic rings. The molecule has 0 rings (SSSR count). The number of ether oxygens (including phenoxy) is 7. The summed E-state index contributed by atoms with van der Waals surface area (Å²) in [6, 6.07) is 0. The lowest BCUT2D eigenvalue weighted by Gasteiger charge is -2.22. The van der Waals surface area contributed by atoms with Crippen LogP contribution < -0.4 is 0 Å². The molecule has 0 aromatic heterocycles. The first-order valence-electron chi connectivity index (χ1n) is 14.0. The van der Waals surface area contributed by atoms with Crippen LogP contribution in [0.4, 0.5) is 0 Å². The van der Waals surface area contributed by atoms with Gasteiger partial charge in [0.25, 0.3) is 0 Å². The molecule has 0 amide bonds. The molecule has 274 valence electrons. The van der Waals surface area contributed by atoms with Gasteiger partial charge < -0.3 is 48.5 Å². The Bertz CT molecular complexity index is 1110. The summed E-state index contributed by atoms with van der Waals surface area (Å²) in [5.74, 6) is -0.849. The Morgan fingerprint density at radius 1 is 0.609 bits per heavy atom. The lowest BCUT2D eigenvalue weighted by atomic mass is 10.3. The van der Waals surface area contributed by atoms with Crippen molar-refractivity contribution in [2.24, 2.45) is 0 Å². The van der Waals surface area contributed by atoms with Crippen LogP contribution in [0.15, 0.2) is 36.6 Å². The topological polar surface area (TPSA) is 228 Å². The van der Waals surface area contributed by atoms with Gasteiger partial charge in [-0.2, -0.15) is 0 Å². The van der Waals surface area contributed by atoms with Crippen LogP contribution in [0.2, 0.25) is 0 Å². The molecule has 4 unspecified atom stereocenters. The zero-order chi connectivity index (χ0) is 35.5. The zero-order valence-electron chi connectivity index (χ0n) is 26.6. The molecular formula is C27H52O16S3. The molecule has 3 N–H and O–H groups in total. The fourth-order valence-electron chi connectivity index (χ4n) is 2.91. The van der Waals surface area contributed by atoms with Gasteiger partial charge in [0.2, 0.25) is 0 Å². The van der Waals surface area contributed by atoms with E-state index in [0.717, 1.165) is 10.8 Å². The van der Waals surface area contributed by atoms with E-state index in [4.69, 9.17) is 48.5 Å². The maximum atomic E-state index is 11.7. The fourth-order valence-corrected chi connectivity index (χ4v) is 4.82. The van der Waals surface area contributed by atoms with Crippen LogP contribution in [-0.2, 0) is 62.7 Å². The third-order valence-corrected chi connectivity index (χ3v) is 9.44. The van der Waals surface area contributed by atoms with Crippen LogP contribution in [0.25, 0.3) is 0 Å². The molecule has 0 saturated carbocycles. The Balaban J connectivity index is 0. The van der Waals surface area contributed by atoms with Gasteiger partial charge in [0.1, 0.15) is 24.4 Å². The van der Waals surface area contributed by atoms with Gasteiger partial charge >= 0.3 is 0 Å². The van der Waals surface area contributed by atoms with E-state index in [1.54, 1.807) is 0 Å². The van der Waals surface area contributed by atoms with E-state index in [0.29, 0.717) is 0 Å². The summed E-state index contributed by atoms with van der Waals surface area (Å²) in [5, 5.41) is 27.7. The first-order valence-corrected chi connectivity index (χ1v) is 19.3. The molecule has 16 nitrogen and oxygen atoms in total. The molecule has 0 aromatic rings. The second-order valence-corrected chi connectivity index (χ2v) is 15.8. The Hall–Kier alpha value is -1.33. The summed E-state index contributed by atoms with van der Waals surface area (Å²) in [6.07, 6.45) is -1.29. The summed E-state index contributed by atoms with van der Waals surface area (Å²) in [5.41, 5.74) is 0. The van der Waals surface area contributed by atoms with Gasteiger partial charge in [-0.1, -0.05) is 19.2 Å². The van der Waals surface area contributed by atoms with Gasteiger partial charge in [-0.3, -0.25) is 0 Å². The van der Waals surface area contributed by atoms with Crippen LogP contribution in [0, 0.1) is 0 Å². The smallest absolute Gasteiger partial charge is 0.173 e. The number of hydrogen-bond acceptors (Lipinski definition) is 16. The van der Waals surface area contributed by atoms with E-state index in [2.05, 4.69) is 19.7 Å². The Kier molecular flexibility index (Phi) is 28.1. The van der Waals surface area contributed by atoms with E-state index >= 15 is 0 Å². The minimum Gasteiger partial charge on any atom is -0.394 e. The van der Waals surface area contributed by atoms with Crippen LogP contribution >= 0.6 is 0 Å². The molecule has 0 aromatic carbocycles. The van der Waals surface area contributed by atoms with Gasteiger partial charge in [-0.25, -0.2) is 25.3 Å². The summed E-state index contributed by atoms with van der Waals surface area (Å²) in [6.45, 7) is 9.45. The fraction of sp³-hybridized carbons (Fsp3) is 0.778. The molecule has 46 heavy (non-hydrogen) atoms. The van der Waals surface area contributed by atoms with E-state index in [9.17, 15) is 25.3 Å². The summed E-state index contributed by atoms with van der Waals surface area (Å²) < 4.78 is 106. The minimum atomic E-state index is -3.46. The molecule has 0 radical (unpaired) electrons. The Morgan fingerprint density at radius 2 is 1.09 bits per heavy atom. The maximum absolute atomic E-state index is 11.7. The molecule has 0 heterocycles. The van der Waals surface area contributed by atoms with Crippen molar-refractivity contribution in [3.8, 4) is 0 Å². The summed E-state index contributed by atoms with van der Waals surface area (Å²) in [4.78, 5) is 0. The molecular weight excluding hydrogens is 676 g/mol. The number of aliphatic hydroxyl groups excluding tert-OH is 3. The Labute approximate surface area is 273 Å². The average molecular weight is 729 g/mol. The normalized spacial score (nSPS) is 14.8. The average Bonchev–Trinajstić information content (AvgIpc) is 3.01. The lowest BCUT2D eigenvalue weighted by molar-refractivity contribution is -0.102. The van der Waals surface area contributed by atoms with Crippen molar-refractivity contribution in [3.63, 3.8) is 0 Å². The highest BCUT2D eigenvalue weighted by Gasteiger charge is 2.18. The van der Waals surface area contributed by atoms with Gasteiger partial charge in [-0.05, 0) is 0 Å². The van der Waals surface area contributed by atoms with Crippen molar-refractivity contribution in [1.82, 2.24) is 0 Å². The van der Waals surface area contributed by atoms with Crippen LogP contribution in [0.3, 0.4) is 0 Å². The van der Waals surface area contributed by atoms with E-state index in [1.165, 1.54) is 20.3 Å². The van der Waals surface area contributed by atoms with Crippen LogP contribution in [0.5, 0.6) is 0 Å². The first-order chi connectivity index (χ1) is 21.6. The van der Waals surface area contributed by atoms with Crippen molar-refractivity contribution in [2.45, 2.75) is 24.4 Å². The second-order valence-electron chi connectivity index (χ2n) is 9.45. The van der Waals surface area contributed by atoms with E-state index in [1.807, 2.05) is 0 Å². The first kappa shape index (κ1) is 46.8. The SMILES string of the molecule is C=CCS(=O)(=O)CCOCC(COC)OCC(COCCS(=O)(=O)C=C)OCCS(=O)(=O)C=C.COCC(CO)OCC(O)CO. The number of sulfone groups is 3. The monoisotopic (exact) mass is 728 g/mol. The number of methoxy groups -OCH3 is 2. The highest BCUT2D eigenvalue weighted by atomic mass is 32.2. The molecule has 0 saturated heterocycles. The number of rotatable bonds is 30. The maximum Gasteiger partial charge on any atom is 0.173 e.